The van der Waals surface area contributed by atoms with Crippen molar-refractivity contribution in [3.8, 4) is 11.5 Å². The smallest absolute Gasteiger partial charge is 0.259 e. The zero-order chi connectivity index (χ0) is 14.8. The van der Waals surface area contributed by atoms with E-state index >= 15 is 0 Å². The Kier molecular flexibility index (Phi) is 3.27. The van der Waals surface area contributed by atoms with Gasteiger partial charge in [0.1, 0.15) is 11.5 Å². The Morgan fingerprint density at radius 2 is 2.19 bits per heavy atom. The number of hydrogen-bond acceptors (Lipinski definition) is 3. The van der Waals surface area contributed by atoms with E-state index in [4.69, 9.17) is 4.42 Å². The summed E-state index contributed by atoms with van der Waals surface area (Å²) in [4.78, 5) is 12.4. The van der Waals surface area contributed by atoms with E-state index < -0.39 is 5.82 Å². The highest BCUT2D eigenvalue weighted by atomic mass is 19.1. The third-order valence-electron chi connectivity index (χ3n) is 3.01. The number of carbonyl (C=O) groups excluding carboxylic acids is 1. The summed E-state index contributed by atoms with van der Waals surface area (Å²) in [7, 11) is 0. The van der Waals surface area contributed by atoms with E-state index in [1.54, 1.807) is 25.1 Å². The van der Waals surface area contributed by atoms with Crippen LogP contribution in [0.15, 0.2) is 47.1 Å². The minimum Gasteiger partial charge on any atom is -0.463 e. The predicted molar refractivity (Wildman–Crippen MR) is 75.4 cm³/mol. The van der Waals surface area contributed by atoms with Crippen LogP contribution < -0.4 is 5.32 Å². The molecule has 2 aromatic heterocycles. The Morgan fingerprint density at radius 3 is 2.90 bits per heavy atom. The molecule has 21 heavy (non-hydrogen) atoms. The van der Waals surface area contributed by atoms with Crippen LogP contribution in [0.4, 0.5) is 10.1 Å². The van der Waals surface area contributed by atoms with Gasteiger partial charge in [-0.2, -0.15) is 5.10 Å². The molecule has 3 aromatic rings. The van der Waals surface area contributed by atoms with Gasteiger partial charge in [0.25, 0.3) is 5.91 Å². The van der Waals surface area contributed by atoms with Crippen LogP contribution >= 0.6 is 0 Å². The van der Waals surface area contributed by atoms with Gasteiger partial charge in [-0.15, -0.1) is 0 Å². The van der Waals surface area contributed by atoms with Crippen molar-refractivity contribution in [2.75, 3.05) is 5.32 Å². The van der Waals surface area contributed by atoms with Crippen molar-refractivity contribution in [3.63, 3.8) is 0 Å². The largest absolute Gasteiger partial charge is 0.463 e. The second kappa shape index (κ2) is 5.24. The Hall–Kier alpha value is -2.89. The van der Waals surface area contributed by atoms with Gasteiger partial charge in [0.05, 0.1) is 11.8 Å². The maximum absolute atomic E-state index is 13.2. The lowest BCUT2D eigenvalue weighted by Gasteiger charge is -2.05. The SMILES string of the molecule is Cc1[nH]nc(-c2ccco2)c1C(=O)Nc1cccc(F)c1. The molecule has 3 rings (SSSR count). The molecule has 0 unspecified atom stereocenters. The number of nitrogens with one attached hydrogen (secondary N) is 2. The fourth-order valence-corrected chi connectivity index (χ4v) is 2.06. The number of halogens is 1. The molecule has 1 aromatic carbocycles. The van der Waals surface area contributed by atoms with Crippen molar-refractivity contribution in [1.82, 2.24) is 10.2 Å². The fourth-order valence-electron chi connectivity index (χ4n) is 2.06. The number of furan rings is 1. The van der Waals surface area contributed by atoms with Crippen LogP contribution in [0.3, 0.4) is 0 Å². The zero-order valence-corrected chi connectivity index (χ0v) is 11.2. The molecule has 5 nitrogen and oxygen atoms in total. The highest BCUT2D eigenvalue weighted by molar-refractivity contribution is 6.08. The first-order chi connectivity index (χ1) is 10.1. The molecule has 0 saturated heterocycles. The maximum atomic E-state index is 13.2. The number of carbonyl (C=O) groups is 1. The van der Waals surface area contributed by atoms with E-state index in [1.807, 2.05) is 0 Å². The maximum Gasteiger partial charge on any atom is 0.259 e. The van der Waals surface area contributed by atoms with Gasteiger partial charge in [-0.05, 0) is 37.3 Å². The number of aryl methyl sites for hydroxylation is 1. The number of H-pyrrole nitrogens is 1. The van der Waals surface area contributed by atoms with Gasteiger partial charge < -0.3 is 9.73 Å². The summed E-state index contributed by atoms with van der Waals surface area (Å²) in [6.07, 6.45) is 1.51. The lowest BCUT2D eigenvalue weighted by molar-refractivity contribution is 0.102. The molecule has 0 radical (unpaired) electrons. The van der Waals surface area contributed by atoms with E-state index in [9.17, 15) is 9.18 Å². The molecule has 0 aliphatic carbocycles. The monoisotopic (exact) mass is 285 g/mol. The van der Waals surface area contributed by atoms with Gasteiger partial charge in [0.15, 0.2) is 5.76 Å². The number of aromatic amines is 1. The summed E-state index contributed by atoms with van der Waals surface area (Å²) < 4.78 is 18.4. The number of aromatic nitrogens is 2. The van der Waals surface area contributed by atoms with E-state index in [0.29, 0.717) is 28.4 Å². The summed E-state index contributed by atoms with van der Waals surface area (Å²) in [6, 6.07) is 9.14. The van der Waals surface area contributed by atoms with Crippen LogP contribution in [0.1, 0.15) is 16.1 Å². The highest BCUT2D eigenvalue weighted by Crippen LogP contribution is 2.25. The molecular formula is C15H12FN3O2. The molecule has 0 bridgehead atoms. The van der Waals surface area contributed by atoms with Gasteiger partial charge in [-0.25, -0.2) is 4.39 Å². The van der Waals surface area contributed by atoms with Crippen LogP contribution in [-0.4, -0.2) is 16.1 Å². The van der Waals surface area contributed by atoms with Crippen LogP contribution in [0.2, 0.25) is 0 Å². The summed E-state index contributed by atoms with van der Waals surface area (Å²) in [6.45, 7) is 1.74. The Labute approximate surface area is 119 Å². The fraction of sp³-hybridized carbons (Fsp3) is 0.0667. The number of rotatable bonds is 3. The average molecular weight is 285 g/mol. The molecule has 2 N–H and O–H groups in total. The molecule has 0 spiro atoms. The number of nitrogens with zero attached hydrogens (tertiary/aromatic N) is 1. The van der Waals surface area contributed by atoms with E-state index in [1.165, 1.54) is 24.5 Å². The van der Waals surface area contributed by atoms with Crippen LogP contribution in [-0.2, 0) is 0 Å². The zero-order valence-electron chi connectivity index (χ0n) is 11.2. The standard InChI is InChI=1S/C15H12FN3O2/c1-9-13(14(19-18-9)12-6-3-7-21-12)15(20)17-11-5-2-4-10(16)8-11/h2-8H,1H3,(H,17,20)(H,18,19). The molecule has 0 saturated carbocycles. The topological polar surface area (TPSA) is 70.9 Å². The van der Waals surface area contributed by atoms with Gasteiger partial charge in [-0.1, -0.05) is 6.07 Å². The Bertz CT molecular complexity index is 778. The summed E-state index contributed by atoms with van der Waals surface area (Å²) in [5.74, 6) is -0.301. The Balaban J connectivity index is 1.93. The van der Waals surface area contributed by atoms with E-state index in [0.717, 1.165) is 0 Å². The molecular weight excluding hydrogens is 273 g/mol. The van der Waals surface area contributed by atoms with Crippen molar-refractivity contribution < 1.29 is 13.6 Å². The predicted octanol–water partition coefficient (Wildman–Crippen LogP) is 3.37. The average Bonchev–Trinajstić information content (AvgIpc) is 3.07. The summed E-state index contributed by atoms with van der Waals surface area (Å²) >= 11 is 0. The van der Waals surface area contributed by atoms with Crippen LogP contribution in [0.5, 0.6) is 0 Å². The summed E-state index contributed by atoms with van der Waals surface area (Å²) in [5.41, 5.74) is 1.78. The minimum atomic E-state index is -0.414. The third kappa shape index (κ3) is 2.55. The normalized spacial score (nSPS) is 10.6. The lowest BCUT2D eigenvalue weighted by atomic mass is 10.1. The van der Waals surface area contributed by atoms with Gasteiger partial charge >= 0.3 is 0 Å². The van der Waals surface area contributed by atoms with Gasteiger partial charge in [0.2, 0.25) is 0 Å². The highest BCUT2D eigenvalue weighted by Gasteiger charge is 2.21. The molecule has 0 aliphatic rings. The number of anilines is 1. The van der Waals surface area contributed by atoms with Crippen molar-refractivity contribution in [1.29, 1.82) is 0 Å². The molecule has 106 valence electrons. The Morgan fingerprint density at radius 1 is 1.33 bits per heavy atom. The van der Waals surface area contributed by atoms with Crippen molar-refractivity contribution in [3.05, 3.63) is 59.7 Å². The van der Waals surface area contributed by atoms with Gasteiger partial charge in [0, 0.05) is 11.4 Å². The second-order valence-corrected chi connectivity index (χ2v) is 4.51. The van der Waals surface area contributed by atoms with Crippen molar-refractivity contribution in [2.24, 2.45) is 0 Å². The first kappa shape index (κ1) is 13.1. The molecule has 6 heteroatoms. The van der Waals surface area contributed by atoms with Crippen molar-refractivity contribution >= 4 is 11.6 Å². The molecule has 0 aliphatic heterocycles. The van der Waals surface area contributed by atoms with Crippen LogP contribution in [0.25, 0.3) is 11.5 Å². The minimum absolute atomic E-state index is 0.370. The first-order valence-corrected chi connectivity index (χ1v) is 6.31. The molecule has 0 fully saturated rings. The molecule has 0 atom stereocenters. The van der Waals surface area contributed by atoms with Crippen molar-refractivity contribution in [2.45, 2.75) is 6.92 Å². The molecule has 2 heterocycles. The first-order valence-electron chi connectivity index (χ1n) is 6.31. The van der Waals surface area contributed by atoms with E-state index in [-0.39, 0.29) is 5.91 Å². The van der Waals surface area contributed by atoms with Gasteiger partial charge in [-0.3, -0.25) is 9.89 Å². The number of hydrogen-bond donors (Lipinski definition) is 2. The number of amides is 1. The third-order valence-corrected chi connectivity index (χ3v) is 3.01. The second-order valence-electron chi connectivity index (χ2n) is 4.51. The lowest BCUT2D eigenvalue weighted by Crippen LogP contribution is -2.13. The van der Waals surface area contributed by atoms with Crippen LogP contribution in [0, 0.1) is 12.7 Å². The molecule has 1 amide bonds. The number of benzene rings is 1. The summed E-state index contributed by atoms with van der Waals surface area (Å²) in [5, 5.41) is 9.49. The van der Waals surface area contributed by atoms with E-state index in [2.05, 4.69) is 15.5 Å². The quantitative estimate of drug-likeness (QED) is 0.775.